The lowest BCUT2D eigenvalue weighted by molar-refractivity contribution is -0.121. The van der Waals surface area contributed by atoms with Crippen LogP contribution in [0, 0.1) is 0 Å². The van der Waals surface area contributed by atoms with Gasteiger partial charge in [-0.3, -0.25) is 9.59 Å². The molecule has 0 unspecified atom stereocenters. The number of ether oxygens (including phenoxy) is 1. The molecule has 2 amide bonds. The fraction of sp³-hybridized carbons (Fsp3) is 0.467. The van der Waals surface area contributed by atoms with Gasteiger partial charge in [-0.25, -0.2) is 0 Å². The Morgan fingerprint density at radius 2 is 1.92 bits per heavy atom. The average Bonchev–Trinajstić information content (AvgIpc) is 3.40. The van der Waals surface area contributed by atoms with Crippen LogP contribution in [-0.2, 0) is 33.4 Å². The Balaban J connectivity index is 1.34. The zero-order valence-corrected chi connectivity index (χ0v) is 22.0. The van der Waals surface area contributed by atoms with Crippen LogP contribution in [0.25, 0.3) is 10.9 Å². The van der Waals surface area contributed by atoms with E-state index in [4.69, 9.17) is 9.84 Å². The van der Waals surface area contributed by atoms with Gasteiger partial charge in [0.25, 0.3) is 0 Å². The minimum Gasteiger partial charge on any atom is -0.493 e. The molecule has 0 bridgehead atoms. The Labute approximate surface area is 218 Å². The van der Waals surface area contributed by atoms with E-state index >= 15 is 0 Å². The third kappa shape index (κ3) is 5.10. The van der Waals surface area contributed by atoms with Crippen molar-refractivity contribution in [2.45, 2.75) is 70.3 Å². The fourth-order valence-corrected chi connectivity index (χ4v) is 5.40. The molecular weight excluding hydrogens is 466 g/mol. The van der Waals surface area contributed by atoms with Gasteiger partial charge < -0.3 is 25.0 Å². The molecule has 2 aromatic carbocycles. The summed E-state index contributed by atoms with van der Waals surface area (Å²) in [6.45, 7) is 8.23. The molecule has 0 radical (unpaired) electrons. The summed E-state index contributed by atoms with van der Waals surface area (Å²) in [5.74, 6) is 0.947. The van der Waals surface area contributed by atoms with Gasteiger partial charge in [-0.2, -0.15) is 0 Å². The predicted octanol–water partition coefficient (Wildman–Crippen LogP) is 4.43. The van der Waals surface area contributed by atoms with Gasteiger partial charge in [0.05, 0.1) is 18.6 Å². The number of hydrogen-bond acceptors (Lipinski definition) is 4. The molecule has 0 atom stereocenters. The molecule has 1 fully saturated rings. The van der Waals surface area contributed by atoms with Crippen molar-refractivity contribution in [1.82, 2.24) is 9.88 Å². The molecule has 0 spiro atoms. The monoisotopic (exact) mass is 503 g/mol. The molecule has 2 aliphatic rings. The first-order valence-electron chi connectivity index (χ1n) is 13.3. The summed E-state index contributed by atoms with van der Waals surface area (Å²) in [6.07, 6.45) is 3.73. The van der Waals surface area contributed by atoms with Crippen molar-refractivity contribution in [2.24, 2.45) is 0 Å². The maximum absolute atomic E-state index is 13.4. The quantitative estimate of drug-likeness (QED) is 0.403. The summed E-state index contributed by atoms with van der Waals surface area (Å²) in [7, 11) is 0. The number of benzene rings is 2. The van der Waals surface area contributed by atoms with E-state index in [1.54, 1.807) is 0 Å². The summed E-state index contributed by atoms with van der Waals surface area (Å²) >= 11 is 0. The van der Waals surface area contributed by atoms with Crippen LogP contribution in [0.5, 0.6) is 5.75 Å². The Kier molecular flexibility index (Phi) is 6.75. The lowest BCUT2D eigenvalue weighted by atomic mass is 9.92. The van der Waals surface area contributed by atoms with Crippen LogP contribution >= 0.6 is 0 Å². The van der Waals surface area contributed by atoms with E-state index in [2.05, 4.69) is 60.2 Å². The van der Waals surface area contributed by atoms with Crippen LogP contribution in [0.1, 0.15) is 63.3 Å². The topological polar surface area (TPSA) is 92.6 Å². The van der Waals surface area contributed by atoms with Crippen molar-refractivity contribution in [3.8, 4) is 5.75 Å². The SMILES string of the molecule is CC(C)(C)c1cc2cc(NC(=O)C3(c4ccc5c(c4)CCO5)CC3)ccc2n1CCCC(=O)NCCO. The highest BCUT2D eigenvalue weighted by Crippen LogP contribution is 2.50. The first-order chi connectivity index (χ1) is 17.7. The molecule has 1 aliphatic carbocycles. The van der Waals surface area contributed by atoms with Crippen LogP contribution in [0.2, 0.25) is 0 Å². The molecule has 2 heterocycles. The molecule has 1 saturated carbocycles. The molecule has 3 aromatic rings. The van der Waals surface area contributed by atoms with Gasteiger partial charge >= 0.3 is 0 Å². The second-order valence-corrected chi connectivity index (χ2v) is 11.3. The zero-order chi connectivity index (χ0) is 26.2. The van der Waals surface area contributed by atoms with Gasteiger partial charge in [0.1, 0.15) is 5.75 Å². The molecule has 37 heavy (non-hydrogen) atoms. The largest absolute Gasteiger partial charge is 0.493 e. The highest BCUT2D eigenvalue weighted by molar-refractivity contribution is 6.02. The summed E-state index contributed by atoms with van der Waals surface area (Å²) in [5.41, 5.74) is 4.84. The minimum absolute atomic E-state index is 0.0438. The number of anilines is 1. The first kappa shape index (κ1) is 25.3. The van der Waals surface area contributed by atoms with E-state index in [-0.39, 0.29) is 30.4 Å². The highest BCUT2D eigenvalue weighted by Gasteiger charge is 2.51. The smallest absolute Gasteiger partial charge is 0.235 e. The van der Waals surface area contributed by atoms with E-state index in [0.717, 1.165) is 53.7 Å². The number of carbonyl (C=O) groups excluding carboxylic acids is 2. The van der Waals surface area contributed by atoms with Crippen molar-refractivity contribution < 1.29 is 19.4 Å². The Hall–Kier alpha value is -3.32. The Morgan fingerprint density at radius 3 is 2.65 bits per heavy atom. The number of rotatable bonds is 9. The number of nitrogens with zero attached hydrogens (tertiary/aromatic N) is 1. The number of amides is 2. The molecule has 196 valence electrons. The molecule has 7 nitrogen and oxygen atoms in total. The van der Waals surface area contributed by atoms with E-state index in [0.29, 0.717) is 19.4 Å². The van der Waals surface area contributed by atoms with Gasteiger partial charge in [0, 0.05) is 53.6 Å². The number of aryl methyl sites for hydroxylation is 1. The second kappa shape index (κ2) is 9.86. The lowest BCUT2D eigenvalue weighted by Gasteiger charge is -2.22. The van der Waals surface area contributed by atoms with E-state index in [1.165, 1.54) is 11.3 Å². The van der Waals surface area contributed by atoms with Crippen LogP contribution in [-0.4, -0.2) is 41.2 Å². The van der Waals surface area contributed by atoms with E-state index in [9.17, 15) is 9.59 Å². The first-order valence-corrected chi connectivity index (χ1v) is 13.3. The number of aliphatic hydroxyl groups is 1. The van der Waals surface area contributed by atoms with Crippen molar-refractivity contribution in [3.05, 3.63) is 59.3 Å². The number of aromatic nitrogens is 1. The van der Waals surface area contributed by atoms with Crippen molar-refractivity contribution >= 4 is 28.4 Å². The molecule has 5 rings (SSSR count). The third-order valence-electron chi connectivity index (χ3n) is 7.57. The summed E-state index contributed by atoms with van der Waals surface area (Å²) in [5, 5.41) is 15.9. The number of nitrogens with one attached hydrogen (secondary N) is 2. The maximum Gasteiger partial charge on any atom is 0.235 e. The summed E-state index contributed by atoms with van der Waals surface area (Å²) in [6, 6.07) is 14.5. The van der Waals surface area contributed by atoms with Crippen LogP contribution < -0.4 is 15.4 Å². The summed E-state index contributed by atoms with van der Waals surface area (Å²) in [4.78, 5) is 25.4. The lowest BCUT2D eigenvalue weighted by Crippen LogP contribution is -2.27. The van der Waals surface area contributed by atoms with E-state index < -0.39 is 5.41 Å². The molecule has 0 saturated heterocycles. The van der Waals surface area contributed by atoms with Crippen LogP contribution in [0.3, 0.4) is 0 Å². The van der Waals surface area contributed by atoms with Gasteiger partial charge in [-0.1, -0.05) is 32.9 Å². The van der Waals surface area contributed by atoms with Gasteiger partial charge in [0.15, 0.2) is 0 Å². The molecule has 7 heteroatoms. The van der Waals surface area contributed by atoms with Gasteiger partial charge in [-0.05, 0) is 60.7 Å². The maximum atomic E-state index is 13.4. The normalized spacial score (nSPS) is 15.8. The number of carbonyl (C=O) groups is 2. The van der Waals surface area contributed by atoms with Crippen LogP contribution in [0.4, 0.5) is 5.69 Å². The van der Waals surface area contributed by atoms with Gasteiger partial charge in [-0.15, -0.1) is 0 Å². The third-order valence-corrected chi connectivity index (χ3v) is 7.57. The Bertz CT molecular complexity index is 1330. The van der Waals surface area contributed by atoms with Crippen molar-refractivity contribution in [3.63, 3.8) is 0 Å². The van der Waals surface area contributed by atoms with Crippen molar-refractivity contribution in [1.29, 1.82) is 0 Å². The second-order valence-electron chi connectivity index (χ2n) is 11.3. The van der Waals surface area contributed by atoms with Gasteiger partial charge in [0.2, 0.25) is 11.8 Å². The molecular formula is C30H37N3O4. The predicted molar refractivity (Wildman–Crippen MR) is 145 cm³/mol. The molecule has 1 aromatic heterocycles. The summed E-state index contributed by atoms with van der Waals surface area (Å²) < 4.78 is 7.93. The minimum atomic E-state index is -0.453. The van der Waals surface area contributed by atoms with E-state index in [1.807, 2.05) is 18.2 Å². The number of hydrogen-bond donors (Lipinski definition) is 3. The average molecular weight is 504 g/mol. The molecule has 3 N–H and O–H groups in total. The zero-order valence-electron chi connectivity index (χ0n) is 22.0. The Morgan fingerprint density at radius 1 is 1.11 bits per heavy atom. The van der Waals surface area contributed by atoms with Crippen LogP contribution in [0.15, 0.2) is 42.5 Å². The number of aliphatic hydroxyl groups excluding tert-OH is 1. The molecule has 1 aliphatic heterocycles. The van der Waals surface area contributed by atoms with Crippen molar-refractivity contribution in [2.75, 3.05) is 25.1 Å². The standard InChI is InChI=1S/C30H37N3O4/c1-29(2,3)26-19-21-18-23(7-8-24(21)33(26)14-4-5-27(35)31-13-15-34)32-28(36)30(11-12-30)22-6-9-25-20(17-22)10-16-37-25/h6-9,17-19,34H,4-5,10-16H2,1-3H3,(H,31,35)(H,32,36). The fourth-order valence-electron chi connectivity index (χ4n) is 5.40. The number of fused-ring (bicyclic) bond motifs is 2. The highest BCUT2D eigenvalue weighted by atomic mass is 16.5.